The van der Waals surface area contributed by atoms with Crippen molar-refractivity contribution in [2.24, 2.45) is 5.92 Å². The van der Waals surface area contributed by atoms with E-state index in [1.165, 1.54) is 0 Å². The fourth-order valence-corrected chi connectivity index (χ4v) is 2.51. The number of nitrogens with zero attached hydrogens (tertiary/aromatic N) is 2. The molecule has 2 aromatic rings. The average Bonchev–Trinajstić information content (AvgIpc) is 2.82. The second-order valence-electron chi connectivity index (χ2n) is 5.33. The Labute approximate surface area is 107 Å². The Morgan fingerprint density at radius 3 is 2.94 bits per heavy atom. The van der Waals surface area contributed by atoms with Gasteiger partial charge in [0.25, 0.3) is 0 Å². The second kappa shape index (κ2) is 4.61. The number of fused-ring (bicyclic) bond motifs is 1. The van der Waals surface area contributed by atoms with Gasteiger partial charge in [-0.25, -0.2) is 4.98 Å². The Hall–Kier alpha value is -1.55. The van der Waals surface area contributed by atoms with Crippen LogP contribution in [0.3, 0.4) is 0 Å². The molecule has 2 heterocycles. The molecule has 0 bridgehead atoms. The van der Waals surface area contributed by atoms with Crippen molar-refractivity contribution >= 4 is 17.0 Å². The van der Waals surface area contributed by atoms with Crippen LogP contribution in [-0.4, -0.2) is 35.6 Å². The van der Waals surface area contributed by atoms with Gasteiger partial charge in [0.15, 0.2) is 0 Å². The van der Waals surface area contributed by atoms with Crippen molar-refractivity contribution in [3.8, 4) is 0 Å². The van der Waals surface area contributed by atoms with Crippen LogP contribution in [-0.2, 0) is 0 Å². The number of hydrogen-bond donors (Lipinski definition) is 2. The summed E-state index contributed by atoms with van der Waals surface area (Å²) in [6.07, 6.45) is 0. The predicted octanol–water partition coefficient (Wildman–Crippen LogP) is 2.00. The zero-order chi connectivity index (χ0) is 12.5. The van der Waals surface area contributed by atoms with E-state index in [9.17, 15) is 0 Å². The maximum absolute atomic E-state index is 4.67. The number of hydrogen-bond acceptors (Lipinski definition) is 3. The van der Waals surface area contributed by atoms with Gasteiger partial charge in [0.2, 0.25) is 5.95 Å². The number of H-pyrrole nitrogens is 1. The van der Waals surface area contributed by atoms with Gasteiger partial charge in [-0.1, -0.05) is 26.0 Å². The molecule has 2 N–H and O–H groups in total. The second-order valence-corrected chi connectivity index (χ2v) is 5.33. The van der Waals surface area contributed by atoms with Gasteiger partial charge in [0.05, 0.1) is 11.0 Å². The van der Waals surface area contributed by atoms with Crippen LogP contribution in [0.4, 0.5) is 5.95 Å². The summed E-state index contributed by atoms with van der Waals surface area (Å²) >= 11 is 0. The molecule has 1 aliphatic heterocycles. The number of benzene rings is 1. The summed E-state index contributed by atoms with van der Waals surface area (Å²) in [5.74, 6) is 1.65. The molecule has 0 spiro atoms. The van der Waals surface area contributed by atoms with Crippen molar-refractivity contribution in [3.63, 3.8) is 0 Å². The summed E-state index contributed by atoms with van der Waals surface area (Å²) in [5.41, 5.74) is 2.17. The van der Waals surface area contributed by atoms with Crippen LogP contribution in [0, 0.1) is 5.92 Å². The number of rotatable bonds is 2. The average molecular weight is 244 g/mol. The van der Waals surface area contributed by atoms with Gasteiger partial charge in [-0.05, 0) is 18.1 Å². The molecule has 1 saturated heterocycles. The summed E-state index contributed by atoms with van der Waals surface area (Å²) in [6.45, 7) is 7.60. The lowest BCUT2D eigenvalue weighted by Crippen LogP contribution is -2.53. The predicted molar refractivity (Wildman–Crippen MR) is 74.9 cm³/mol. The van der Waals surface area contributed by atoms with Gasteiger partial charge in [0, 0.05) is 25.7 Å². The zero-order valence-corrected chi connectivity index (χ0v) is 11.0. The normalized spacial score (nSPS) is 20.8. The van der Waals surface area contributed by atoms with Crippen LogP contribution in [0.25, 0.3) is 11.0 Å². The van der Waals surface area contributed by atoms with Crippen LogP contribution in [0.1, 0.15) is 13.8 Å². The standard InChI is InChI=1S/C14H20N4/c1-10(2)13-9-18(8-7-15-13)14-16-11-5-3-4-6-12(11)17-14/h3-6,10,13,15H,7-9H2,1-2H3,(H,16,17). The van der Waals surface area contributed by atoms with Crippen LogP contribution < -0.4 is 10.2 Å². The number of piperazine rings is 1. The van der Waals surface area contributed by atoms with Gasteiger partial charge in [0.1, 0.15) is 0 Å². The Morgan fingerprint density at radius 1 is 1.33 bits per heavy atom. The third kappa shape index (κ3) is 2.08. The highest BCUT2D eigenvalue weighted by atomic mass is 15.3. The third-order valence-electron chi connectivity index (χ3n) is 3.69. The molecular formula is C14H20N4. The molecule has 96 valence electrons. The molecular weight excluding hydrogens is 224 g/mol. The molecule has 3 rings (SSSR count). The molecule has 1 atom stereocenters. The number of nitrogens with one attached hydrogen (secondary N) is 2. The number of para-hydroxylation sites is 2. The topological polar surface area (TPSA) is 44.0 Å². The molecule has 4 heteroatoms. The van der Waals surface area contributed by atoms with Gasteiger partial charge in [-0.15, -0.1) is 0 Å². The summed E-state index contributed by atoms with van der Waals surface area (Å²) in [7, 11) is 0. The third-order valence-corrected chi connectivity index (χ3v) is 3.69. The van der Waals surface area contributed by atoms with Crippen LogP contribution >= 0.6 is 0 Å². The fourth-order valence-electron chi connectivity index (χ4n) is 2.51. The monoisotopic (exact) mass is 244 g/mol. The maximum Gasteiger partial charge on any atom is 0.203 e. The lowest BCUT2D eigenvalue weighted by molar-refractivity contribution is 0.366. The van der Waals surface area contributed by atoms with E-state index in [1.54, 1.807) is 0 Å². The first kappa shape index (κ1) is 11.5. The van der Waals surface area contributed by atoms with Crippen LogP contribution in [0.2, 0.25) is 0 Å². The van der Waals surface area contributed by atoms with E-state index >= 15 is 0 Å². The maximum atomic E-state index is 4.67. The van der Waals surface area contributed by atoms with Crippen molar-refractivity contribution in [1.82, 2.24) is 15.3 Å². The number of imidazole rings is 1. The molecule has 0 amide bonds. The van der Waals surface area contributed by atoms with E-state index in [1.807, 2.05) is 12.1 Å². The quantitative estimate of drug-likeness (QED) is 0.849. The van der Waals surface area contributed by atoms with Crippen molar-refractivity contribution in [3.05, 3.63) is 24.3 Å². The van der Waals surface area contributed by atoms with Crippen molar-refractivity contribution in [1.29, 1.82) is 0 Å². The first-order valence-electron chi connectivity index (χ1n) is 6.67. The highest BCUT2D eigenvalue weighted by Crippen LogP contribution is 2.19. The largest absolute Gasteiger partial charge is 0.340 e. The van der Waals surface area contributed by atoms with Crippen molar-refractivity contribution < 1.29 is 0 Å². The van der Waals surface area contributed by atoms with Gasteiger partial charge in [-0.2, -0.15) is 0 Å². The number of aromatic amines is 1. The Bertz CT molecular complexity index is 498. The molecule has 4 nitrogen and oxygen atoms in total. The zero-order valence-electron chi connectivity index (χ0n) is 11.0. The molecule has 1 fully saturated rings. The molecule has 0 aliphatic carbocycles. The minimum atomic E-state index is 0.548. The number of anilines is 1. The first-order chi connectivity index (χ1) is 8.74. The minimum Gasteiger partial charge on any atom is -0.340 e. The number of aromatic nitrogens is 2. The molecule has 1 aromatic heterocycles. The molecule has 1 aliphatic rings. The van der Waals surface area contributed by atoms with Crippen molar-refractivity contribution in [2.75, 3.05) is 24.5 Å². The van der Waals surface area contributed by atoms with E-state index < -0.39 is 0 Å². The lowest BCUT2D eigenvalue weighted by atomic mass is 10.0. The van der Waals surface area contributed by atoms with E-state index in [-0.39, 0.29) is 0 Å². The summed E-state index contributed by atoms with van der Waals surface area (Å²) < 4.78 is 0. The lowest BCUT2D eigenvalue weighted by Gasteiger charge is -2.35. The van der Waals surface area contributed by atoms with Gasteiger partial charge >= 0.3 is 0 Å². The van der Waals surface area contributed by atoms with E-state index in [0.29, 0.717) is 12.0 Å². The van der Waals surface area contributed by atoms with E-state index in [4.69, 9.17) is 0 Å². The van der Waals surface area contributed by atoms with Crippen molar-refractivity contribution in [2.45, 2.75) is 19.9 Å². The molecule has 18 heavy (non-hydrogen) atoms. The van der Waals surface area contributed by atoms with Crippen LogP contribution in [0.5, 0.6) is 0 Å². The Kier molecular flexibility index (Phi) is 2.96. The van der Waals surface area contributed by atoms with Crippen LogP contribution in [0.15, 0.2) is 24.3 Å². The summed E-state index contributed by atoms with van der Waals surface area (Å²) in [4.78, 5) is 10.4. The Balaban J connectivity index is 1.85. The highest BCUT2D eigenvalue weighted by Gasteiger charge is 2.23. The fraction of sp³-hybridized carbons (Fsp3) is 0.500. The molecule has 0 saturated carbocycles. The minimum absolute atomic E-state index is 0.548. The van der Waals surface area contributed by atoms with Gasteiger partial charge < -0.3 is 15.2 Å². The van der Waals surface area contributed by atoms with Gasteiger partial charge in [-0.3, -0.25) is 0 Å². The SMILES string of the molecule is CC(C)C1CN(c2nc3ccccc3[nH]2)CCN1. The molecule has 1 aromatic carbocycles. The molecule has 1 unspecified atom stereocenters. The smallest absolute Gasteiger partial charge is 0.203 e. The summed E-state index contributed by atoms with van der Waals surface area (Å²) in [6, 6.07) is 8.75. The summed E-state index contributed by atoms with van der Waals surface area (Å²) in [5, 5.41) is 3.57. The molecule has 0 radical (unpaired) electrons. The first-order valence-corrected chi connectivity index (χ1v) is 6.67. The van der Waals surface area contributed by atoms with E-state index in [2.05, 4.69) is 46.2 Å². The van der Waals surface area contributed by atoms with E-state index in [0.717, 1.165) is 36.6 Å². The Morgan fingerprint density at radius 2 is 2.17 bits per heavy atom. The highest BCUT2D eigenvalue weighted by molar-refractivity contribution is 5.77.